The molecular formula is C29H42F2N6O2. The molecule has 0 bridgehead atoms. The number of nitro groups is 1. The van der Waals surface area contributed by atoms with E-state index in [0.717, 1.165) is 48.7 Å². The number of unbranched alkanes of at least 4 members (excludes halogenated alkanes) is 2. The van der Waals surface area contributed by atoms with Crippen molar-refractivity contribution in [2.75, 3.05) is 5.73 Å². The average Bonchev–Trinajstić information content (AvgIpc) is 2.90. The number of nitro benzene ring substituents is 1. The highest BCUT2D eigenvalue weighted by Crippen LogP contribution is 2.40. The highest BCUT2D eigenvalue weighted by Gasteiger charge is 2.38. The Balaban J connectivity index is 0.000000335. The van der Waals surface area contributed by atoms with E-state index in [0.29, 0.717) is 11.5 Å². The maximum absolute atomic E-state index is 13.7. The molecular weight excluding hydrogens is 502 g/mol. The second-order valence-electron chi connectivity index (χ2n) is 9.39. The number of anilines is 1. The van der Waals surface area contributed by atoms with E-state index in [-0.39, 0.29) is 11.4 Å². The second kappa shape index (κ2) is 16.2. The highest BCUT2D eigenvalue weighted by molar-refractivity contribution is 6.00. The third-order valence-electron chi connectivity index (χ3n) is 6.12. The summed E-state index contributed by atoms with van der Waals surface area (Å²) in [4.78, 5) is 18.2. The Morgan fingerprint density at radius 3 is 2.15 bits per heavy atom. The lowest BCUT2D eigenvalue weighted by Crippen LogP contribution is -2.23. The number of alkyl halides is 2. The molecule has 1 aromatic heterocycles. The zero-order valence-corrected chi connectivity index (χ0v) is 23.6. The number of aliphatic imine (C=N–C) groups is 1. The Bertz CT molecular complexity index is 1160. The molecule has 1 aliphatic heterocycles. The fourth-order valence-electron chi connectivity index (χ4n) is 3.62. The maximum atomic E-state index is 13.7. The van der Waals surface area contributed by atoms with Crippen molar-refractivity contribution in [1.82, 2.24) is 4.98 Å². The Morgan fingerprint density at radius 1 is 1.05 bits per heavy atom. The number of amidine groups is 1. The number of rotatable bonds is 7. The van der Waals surface area contributed by atoms with Crippen LogP contribution in [-0.4, -0.2) is 15.7 Å². The van der Waals surface area contributed by atoms with Crippen LogP contribution in [0.15, 0.2) is 65.1 Å². The number of nitrogens with two attached hydrogens (primary N) is 3. The summed E-state index contributed by atoms with van der Waals surface area (Å²) in [7, 11) is 0. The average molecular weight is 545 g/mol. The Kier molecular flexibility index (Phi) is 13.8. The van der Waals surface area contributed by atoms with Crippen molar-refractivity contribution < 1.29 is 13.7 Å². The number of nitrogen functional groups attached to an aromatic ring is 1. The molecule has 2 aromatic rings. The van der Waals surface area contributed by atoms with E-state index < -0.39 is 22.3 Å². The van der Waals surface area contributed by atoms with Crippen LogP contribution >= 0.6 is 0 Å². The predicted molar refractivity (Wildman–Crippen MR) is 156 cm³/mol. The minimum Gasteiger partial charge on any atom is -0.398 e. The van der Waals surface area contributed by atoms with Gasteiger partial charge in [0.2, 0.25) is 0 Å². The zero-order valence-electron chi connectivity index (χ0n) is 23.6. The van der Waals surface area contributed by atoms with Gasteiger partial charge in [-0.15, -0.1) is 0 Å². The van der Waals surface area contributed by atoms with E-state index in [9.17, 15) is 18.9 Å². The summed E-state index contributed by atoms with van der Waals surface area (Å²) in [6, 6.07) is 6.91. The highest BCUT2D eigenvalue weighted by atomic mass is 19.3. The number of allylic oxidation sites excluding steroid dienone is 2. The van der Waals surface area contributed by atoms with Crippen LogP contribution in [0.2, 0.25) is 0 Å². The lowest BCUT2D eigenvalue weighted by Gasteiger charge is -2.21. The molecule has 0 saturated carbocycles. The fraction of sp³-hybridized carbons (Fsp3) is 0.448. The topological polar surface area (TPSA) is 146 Å². The lowest BCUT2D eigenvalue weighted by atomic mass is 9.96. The number of halogens is 2. The smallest absolute Gasteiger partial charge is 0.277 e. The number of non-ortho nitro benzene ring substituents is 1. The normalized spacial score (nSPS) is 18.2. The van der Waals surface area contributed by atoms with Crippen LogP contribution in [0.5, 0.6) is 0 Å². The van der Waals surface area contributed by atoms with Gasteiger partial charge in [0.15, 0.2) is 0 Å². The molecule has 8 nitrogen and oxygen atoms in total. The van der Waals surface area contributed by atoms with Gasteiger partial charge >= 0.3 is 0 Å². The first-order chi connectivity index (χ1) is 18.4. The molecule has 10 heteroatoms. The fourth-order valence-corrected chi connectivity index (χ4v) is 3.62. The van der Waals surface area contributed by atoms with Gasteiger partial charge in [0.25, 0.3) is 11.6 Å². The number of hydrogen-bond acceptors (Lipinski definition) is 7. The molecule has 3 rings (SSSR count). The summed E-state index contributed by atoms with van der Waals surface area (Å²) in [5.41, 5.74) is 20.1. The number of nitrogens with zero attached hydrogens (tertiary/aromatic N) is 3. The van der Waals surface area contributed by atoms with Crippen molar-refractivity contribution in [3.63, 3.8) is 0 Å². The molecule has 6 N–H and O–H groups in total. The van der Waals surface area contributed by atoms with Crippen molar-refractivity contribution in [1.29, 1.82) is 0 Å². The van der Waals surface area contributed by atoms with Gasteiger partial charge in [-0.25, -0.2) is 13.8 Å². The molecule has 214 valence electrons. The predicted octanol–water partition coefficient (Wildman–Crippen LogP) is 7.32. The second-order valence-corrected chi connectivity index (χ2v) is 9.39. The summed E-state index contributed by atoms with van der Waals surface area (Å²) in [6.45, 7) is 9.17. The van der Waals surface area contributed by atoms with Gasteiger partial charge in [0.05, 0.1) is 21.9 Å². The van der Waals surface area contributed by atoms with Gasteiger partial charge in [-0.05, 0) is 43.0 Å². The lowest BCUT2D eigenvalue weighted by molar-refractivity contribution is -0.385. The van der Waals surface area contributed by atoms with Crippen molar-refractivity contribution in [3.05, 3.63) is 81.3 Å². The van der Waals surface area contributed by atoms with Gasteiger partial charge < -0.3 is 17.2 Å². The molecule has 1 aromatic carbocycles. The zero-order chi connectivity index (χ0) is 29.6. The molecule has 0 unspecified atom stereocenters. The number of hydrogen-bond donors (Lipinski definition) is 3. The monoisotopic (exact) mass is 544 g/mol. The Labute approximate surface area is 230 Å². The van der Waals surface area contributed by atoms with E-state index in [1.807, 2.05) is 12.1 Å². The van der Waals surface area contributed by atoms with Crippen LogP contribution in [0, 0.1) is 16.0 Å². The van der Waals surface area contributed by atoms with Crippen molar-refractivity contribution in [2.24, 2.45) is 22.4 Å². The Hall–Kier alpha value is -3.82. The molecule has 0 aliphatic carbocycles. The molecule has 0 fully saturated rings. The van der Waals surface area contributed by atoms with Crippen LogP contribution in [0.1, 0.15) is 84.3 Å². The van der Waals surface area contributed by atoms with E-state index in [4.69, 9.17) is 17.2 Å². The summed E-state index contributed by atoms with van der Waals surface area (Å²) in [5, 5.41) is 10.5. The van der Waals surface area contributed by atoms with E-state index in [2.05, 4.69) is 36.8 Å². The van der Waals surface area contributed by atoms with Gasteiger partial charge in [0.1, 0.15) is 5.84 Å². The van der Waals surface area contributed by atoms with Crippen LogP contribution in [0.3, 0.4) is 0 Å². The molecule has 0 saturated heterocycles. The number of pyridine rings is 1. The van der Waals surface area contributed by atoms with Gasteiger partial charge in [-0.1, -0.05) is 60.0 Å². The molecule has 0 atom stereocenters. The van der Waals surface area contributed by atoms with Crippen LogP contribution in [-0.2, 0) is 5.92 Å². The van der Waals surface area contributed by atoms with E-state index in [1.54, 1.807) is 12.4 Å². The first-order valence-electron chi connectivity index (χ1n) is 13.2. The van der Waals surface area contributed by atoms with Crippen molar-refractivity contribution in [3.8, 4) is 0 Å². The minimum atomic E-state index is -3.17. The standard InChI is InChI=1S/C14H18N4.C10H12F2N2O2.C5H12/c1-2-10-4-3-5-12(18-14(16)13(10)15)11-6-8-17-9-7-11;1-6(2)10(11,12)8-5-7(14(15)16)3-4-9(8)13;1-3-5-4-2/h5-9H,2-4,15H2,1H3,(H2,16,18);3-6H,13H2,1-2H3;3-5H2,1-2H3/b12-5-,13-10+;;. The summed E-state index contributed by atoms with van der Waals surface area (Å²) < 4.78 is 27.4. The van der Waals surface area contributed by atoms with Crippen LogP contribution < -0.4 is 17.2 Å². The van der Waals surface area contributed by atoms with Gasteiger partial charge in [-0.2, -0.15) is 0 Å². The third kappa shape index (κ3) is 10.1. The Morgan fingerprint density at radius 2 is 1.67 bits per heavy atom. The molecule has 1 aliphatic rings. The summed E-state index contributed by atoms with van der Waals surface area (Å²) in [6.07, 6.45) is 12.5. The number of benzene rings is 1. The quantitative estimate of drug-likeness (QED) is 0.189. The van der Waals surface area contributed by atoms with Crippen molar-refractivity contribution in [2.45, 2.75) is 79.1 Å². The molecule has 0 radical (unpaired) electrons. The summed E-state index contributed by atoms with van der Waals surface area (Å²) >= 11 is 0. The van der Waals surface area contributed by atoms with E-state index in [1.165, 1.54) is 38.7 Å². The largest absolute Gasteiger partial charge is 0.398 e. The van der Waals surface area contributed by atoms with Crippen LogP contribution in [0.4, 0.5) is 20.2 Å². The molecule has 2 heterocycles. The summed E-state index contributed by atoms with van der Waals surface area (Å²) in [5.74, 6) is -3.73. The van der Waals surface area contributed by atoms with Gasteiger partial charge in [0, 0.05) is 41.7 Å². The third-order valence-corrected chi connectivity index (χ3v) is 6.12. The van der Waals surface area contributed by atoms with Gasteiger partial charge in [-0.3, -0.25) is 15.1 Å². The number of aromatic nitrogens is 1. The first kappa shape index (κ1) is 33.2. The first-order valence-corrected chi connectivity index (χ1v) is 13.2. The maximum Gasteiger partial charge on any atom is 0.277 e. The van der Waals surface area contributed by atoms with Crippen LogP contribution in [0.25, 0.3) is 5.70 Å². The van der Waals surface area contributed by atoms with Crippen molar-refractivity contribution >= 4 is 22.9 Å². The van der Waals surface area contributed by atoms with E-state index >= 15 is 0 Å². The minimum absolute atomic E-state index is 0.135. The molecule has 0 amide bonds. The molecule has 39 heavy (non-hydrogen) atoms. The molecule has 0 spiro atoms. The SMILES string of the molecule is CC(C)C(F)(F)c1cc([N+](=O)[O-])ccc1N.CC/C1=C(N)/C(N)=N/C(c2ccncc2)=C\CC1.CCCCC.